The largest absolute Gasteiger partial charge is 0.438 e. The number of ether oxygens (including phenoxy) is 1. The average molecular weight is 311 g/mol. The van der Waals surface area contributed by atoms with Crippen LogP contribution in [0, 0.1) is 0 Å². The van der Waals surface area contributed by atoms with E-state index < -0.39 is 0 Å². The third-order valence-electron chi connectivity index (χ3n) is 3.99. The highest BCUT2D eigenvalue weighted by Gasteiger charge is 2.20. The predicted octanol–water partition coefficient (Wildman–Crippen LogP) is 5.25. The van der Waals surface area contributed by atoms with Crippen LogP contribution in [0.4, 0.5) is 0 Å². The molecule has 1 atom stereocenters. The Kier molecular flexibility index (Phi) is 3.95. The summed E-state index contributed by atoms with van der Waals surface area (Å²) in [5.41, 5.74) is 3.20. The molecule has 24 heavy (non-hydrogen) atoms. The van der Waals surface area contributed by atoms with Gasteiger partial charge in [0.25, 0.3) is 0 Å². The summed E-state index contributed by atoms with van der Waals surface area (Å²) in [6.07, 6.45) is 2.08. The van der Waals surface area contributed by atoms with Crippen LogP contribution in [-0.4, -0.2) is 5.90 Å². The number of nitrogens with zero attached hydrogens (tertiary/aromatic N) is 1. The minimum atomic E-state index is -0.0506. The molecule has 0 fully saturated rings. The second-order valence-corrected chi connectivity index (χ2v) is 5.65. The third kappa shape index (κ3) is 2.99. The van der Waals surface area contributed by atoms with E-state index in [2.05, 4.69) is 30.3 Å². The highest BCUT2D eigenvalue weighted by atomic mass is 16.5. The Morgan fingerprint density at radius 3 is 1.79 bits per heavy atom. The maximum atomic E-state index is 6.12. The van der Waals surface area contributed by atoms with Gasteiger partial charge < -0.3 is 4.74 Å². The van der Waals surface area contributed by atoms with Crippen LogP contribution >= 0.6 is 0 Å². The SMILES string of the molecule is C1=C(c2ccccc2)OC(c2ccccc2)=NC1c1ccccc1. The molecule has 0 spiro atoms. The molecule has 1 unspecified atom stereocenters. The van der Waals surface area contributed by atoms with E-state index in [1.165, 1.54) is 0 Å². The second-order valence-electron chi connectivity index (χ2n) is 5.65. The third-order valence-corrected chi connectivity index (χ3v) is 3.99. The molecule has 2 nitrogen and oxygen atoms in total. The molecule has 3 aromatic rings. The molecule has 0 aliphatic carbocycles. The van der Waals surface area contributed by atoms with Crippen molar-refractivity contribution in [3.05, 3.63) is 114 Å². The maximum absolute atomic E-state index is 6.12. The molecule has 1 heterocycles. The molecule has 0 radical (unpaired) electrons. The molecule has 0 N–H and O–H groups in total. The lowest BCUT2D eigenvalue weighted by Gasteiger charge is -2.21. The van der Waals surface area contributed by atoms with Crippen LogP contribution in [0.2, 0.25) is 0 Å². The Hall–Kier alpha value is -3.13. The number of rotatable bonds is 3. The van der Waals surface area contributed by atoms with Gasteiger partial charge in [-0.1, -0.05) is 78.9 Å². The Labute approximate surface area is 141 Å². The first kappa shape index (κ1) is 14.5. The van der Waals surface area contributed by atoms with Gasteiger partial charge in [-0.25, -0.2) is 4.99 Å². The van der Waals surface area contributed by atoms with Crippen LogP contribution in [0.15, 0.2) is 102 Å². The molecule has 0 saturated carbocycles. The van der Waals surface area contributed by atoms with Gasteiger partial charge in [-0.05, 0) is 23.8 Å². The van der Waals surface area contributed by atoms with Gasteiger partial charge in [-0.15, -0.1) is 0 Å². The van der Waals surface area contributed by atoms with Crippen molar-refractivity contribution in [1.82, 2.24) is 0 Å². The molecular weight excluding hydrogens is 294 g/mol. The highest BCUT2D eigenvalue weighted by Crippen LogP contribution is 2.31. The molecule has 116 valence electrons. The summed E-state index contributed by atoms with van der Waals surface area (Å²) in [5, 5.41) is 0. The summed E-state index contributed by atoms with van der Waals surface area (Å²) in [4.78, 5) is 4.82. The summed E-state index contributed by atoms with van der Waals surface area (Å²) in [7, 11) is 0. The van der Waals surface area contributed by atoms with Gasteiger partial charge >= 0.3 is 0 Å². The van der Waals surface area contributed by atoms with Crippen LogP contribution in [-0.2, 0) is 4.74 Å². The van der Waals surface area contributed by atoms with E-state index in [0.717, 1.165) is 22.4 Å². The van der Waals surface area contributed by atoms with Gasteiger partial charge in [-0.3, -0.25) is 0 Å². The summed E-state index contributed by atoms with van der Waals surface area (Å²) < 4.78 is 6.12. The van der Waals surface area contributed by atoms with Crippen molar-refractivity contribution >= 4 is 11.7 Å². The fourth-order valence-corrected chi connectivity index (χ4v) is 2.76. The molecule has 0 aromatic heterocycles. The van der Waals surface area contributed by atoms with Gasteiger partial charge in [0.1, 0.15) is 11.8 Å². The minimum Gasteiger partial charge on any atom is -0.438 e. The summed E-state index contributed by atoms with van der Waals surface area (Å²) in [6.45, 7) is 0. The maximum Gasteiger partial charge on any atom is 0.222 e. The zero-order chi connectivity index (χ0) is 16.2. The zero-order valence-corrected chi connectivity index (χ0v) is 13.2. The van der Waals surface area contributed by atoms with Crippen LogP contribution in [0.5, 0.6) is 0 Å². The fraction of sp³-hybridized carbons (Fsp3) is 0.0455. The van der Waals surface area contributed by atoms with E-state index in [0.29, 0.717) is 5.90 Å². The molecule has 1 aliphatic heterocycles. The predicted molar refractivity (Wildman–Crippen MR) is 97.7 cm³/mol. The highest BCUT2D eigenvalue weighted by molar-refractivity contribution is 5.98. The van der Waals surface area contributed by atoms with E-state index in [1.54, 1.807) is 0 Å². The lowest BCUT2D eigenvalue weighted by molar-refractivity contribution is 0.486. The molecule has 0 saturated heterocycles. The zero-order valence-electron chi connectivity index (χ0n) is 13.2. The van der Waals surface area contributed by atoms with Crippen LogP contribution < -0.4 is 0 Å². The van der Waals surface area contributed by atoms with Crippen molar-refractivity contribution in [2.24, 2.45) is 4.99 Å². The number of benzene rings is 3. The second kappa shape index (κ2) is 6.55. The van der Waals surface area contributed by atoms with Crippen molar-refractivity contribution in [2.75, 3.05) is 0 Å². The molecule has 4 rings (SSSR count). The normalized spacial score (nSPS) is 16.8. The van der Waals surface area contributed by atoms with Crippen molar-refractivity contribution in [1.29, 1.82) is 0 Å². The van der Waals surface area contributed by atoms with Gasteiger partial charge in [0.05, 0.1) is 0 Å². The lowest BCUT2D eigenvalue weighted by Crippen LogP contribution is -2.13. The van der Waals surface area contributed by atoms with Gasteiger partial charge in [0, 0.05) is 11.1 Å². The number of aliphatic imine (C=N–C) groups is 1. The van der Waals surface area contributed by atoms with E-state index in [1.807, 2.05) is 66.7 Å². The van der Waals surface area contributed by atoms with E-state index >= 15 is 0 Å². The first-order valence-corrected chi connectivity index (χ1v) is 8.03. The van der Waals surface area contributed by atoms with Crippen molar-refractivity contribution < 1.29 is 4.74 Å². The van der Waals surface area contributed by atoms with E-state index in [9.17, 15) is 0 Å². The van der Waals surface area contributed by atoms with Crippen LogP contribution in [0.3, 0.4) is 0 Å². The van der Waals surface area contributed by atoms with Crippen molar-refractivity contribution in [3.8, 4) is 0 Å². The van der Waals surface area contributed by atoms with Crippen molar-refractivity contribution in [2.45, 2.75) is 6.04 Å². The van der Waals surface area contributed by atoms with Gasteiger partial charge in [-0.2, -0.15) is 0 Å². The summed E-state index contributed by atoms with van der Waals surface area (Å²) in [6, 6.07) is 30.4. The van der Waals surface area contributed by atoms with Gasteiger partial charge in [0.15, 0.2) is 0 Å². The first-order valence-electron chi connectivity index (χ1n) is 8.03. The molecular formula is C22H17NO. The summed E-state index contributed by atoms with van der Waals surface area (Å²) >= 11 is 0. The Morgan fingerprint density at radius 1 is 0.625 bits per heavy atom. The minimum absolute atomic E-state index is 0.0506. The van der Waals surface area contributed by atoms with Gasteiger partial charge in [0.2, 0.25) is 5.90 Å². The smallest absolute Gasteiger partial charge is 0.222 e. The molecule has 0 bridgehead atoms. The number of hydrogen-bond donors (Lipinski definition) is 0. The quantitative estimate of drug-likeness (QED) is 0.647. The Bertz CT molecular complexity index is 812. The van der Waals surface area contributed by atoms with E-state index in [4.69, 9.17) is 9.73 Å². The molecule has 0 amide bonds. The molecule has 3 aromatic carbocycles. The van der Waals surface area contributed by atoms with Crippen LogP contribution in [0.25, 0.3) is 5.76 Å². The monoisotopic (exact) mass is 311 g/mol. The molecule has 1 aliphatic rings. The lowest BCUT2D eigenvalue weighted by atomic mass is 10.0. The topological polar surface area (TPSA) is 21.6 Å². The summed E-state index contributed by atoms with van der Waals surface area (Å²) in [5.74, 6) is 1.50. The standard InChI is InChI=1S/C22H17NO/c1-4-10-17(11-5-1)20-16-21(18-12-6-2-7-13-18)24-22(23-20)19-14-8-3-9-15-19/h1-16,20H. The average Bonchev–Trinajstić information content (AvgIpc) is 2.70. The number of hydrogen-bond acceptors (Lipinski definition) is 2. The van der Waals surface area contributed by atoms with Crippen LogP contribution in [0.1, 0.15) is 22.7 Å². The first-order chi connectivity index (χ1) is 11.9. The molecule has 2 heteroatoms. The van der Waals surface area contributed by atoms with E-state index in [-0.39, 0.29) is 6.04 Å². The Balaban J connectivity index is 1.78. The Morgan fingerprint density at radius 2 is 1.17 bits per heavy atom. The van der Waals surface area contributed by atoms with Crippen molar-refractivity contribution in [3.63, 3.8) is 0 Å². The fourth-order valence-electron chi connectivity index (χ4n) is 2.76.